The highest BCUT2D eigenvalue weighted by Gasteiger charge is 2.26. The molecule has 2 saturated heterocycles. The Balaban J connectivity index is 1.37. The number of rotatable bonds is 4. The summed E-state index contributed by atoms with van der Waals surface area (Å²) in [5.74, 6) is 2.65. The summed E-state index contributed by atoms with van der Waals surface area (Å²) >= 11 is 1.69. The number of H-pyrrole nitrogens is 1. The SMILES string of the molecule is C[C@@H]1COCCN1c1nc(-c2ccnc3[nH]ccc23)nc2c(-c3ccc(N4CCOCC4)nc3)csc12. The van der Waals surface area contributed by atoms with Gasteiger partial charge in [0.25, 0.3) is 0 Å². The summed E-state index contributed by atoms with van der Waals surface area (Å²) < 4.78 is 12.3. The van der Waals surface area contributed by atoms with Gasteiger partial charge in [-0.1, -0.05) is 0 Å². The molecule has 37 heavy (non-hydrogen) atoms. The number of ether oxygens (including phenoxy) is 2. The zero-order chi connectivity index (χ0) is 24.8. The quantitative estimate of drug-likeness (QED) is 0.379. The lowest BCUT2D eigenvalue weighted by Crippen LogP contribution is -2.44. The summed E-state index contributed by atoms with van der Waals surface area (Å²) in [4.78, 5) is 27.4. The lowest BCUT2D eigenvalue weighted by molar-refractivity contribution is 0.0987. The number of pyridine rings is 2. The van der Waals surface area contributed by atoms with E-state index in [1.807, 2.05) is 30.7 Å². The number of morpholine rings is 2. The molecule has 1 atom stereocenters. The van der Waals surface area contributed by atoms with E-state index in [2.05, 4.69) is 44.2 Å². The van der Waals surface area contributed by atoms with Crippen molar-refractivity contribution in [1.29, 1.82) is 0 Å². The molecule has 0 radical (unpaired) electrons. The molecule has 5 aromatic rings. The van der Waals surface area contributed by atoms with Gasteiger partial charge in [0, 0.05) is 65.7 Å². The minimum Gasteiger partial charge on any atom is -0.378 e. The number of anilines is 2. The fraction of sp³-hybridized carbons (Fsp3) is 0.333. The van der Waals surface area contributed by atoms with E-state index in [0.717, 1.165) is 82.4 Å². The molecule has 2 aliphatic rings. The van der Waals surface area contributed by atoms with Crippen molar-refractivity contribution in [3.63, 3.8) is 0 Å². The lowest BCUT2D eigenvalue weighted by atomic mass is 10.1. The molecular weight excluding hydrogens is 486 g/mol. The van der Waals surface area contributed by atoms with Crippen molar-refractivity contribution in [2.75, 3.05) is 55.9 Å². The van der Waals surface area contributed by atoms with Gasteiger partial charge in [-0.2, -0.15) is 0 Å². The van der Waals surface area contributed by atoms with Crippen molar-refractivity contribution >= 4 is 44.2 Å². The van der Waals surface area contributed by atoms with Crippen molar-refractivity contribution in [3.8, 4) is 22.5 Å². The maximum absolute atomic E-state index is 5.73. The molecule has 0 aromatic carbocycles. The molecule has 0 spiro atoms. The zero-order valence-corrected chi connectivity index (χ0v) is 21.4. The average molecular weight is 514 g/mol. The number of nitrogens with one attached hydrogen (secondary N) is 1. The lowest BCUT2D eigenvalue weighted by Gasteiger charge is -2.34. The Morgan fingerprint density at radius 2 is 1.86 bits per heavy atom. The van der Waals surface area contributed by atoms with Crippen molar-refractivity contribution < 1.29 is 9.47 Å². The van der Waals surface area contributed by atoms with Gasteiger partial charge >= 0.3 is 0 Å². The molecule has 188 valence electrons. The van der Waals surface area contributed by atoms with Gasteiger partial charge in [0.2, 0.25) is 0 Å². The molecule has 5 aromatic heterocycles. The fourth-order valence-corrected chi connectivity index (χ4v) is 6.16. The van der Waals surface area contributed by atoms with Gasteiger partial charge in [-0.3, -0.25) is 0 Å². The van der Waals surface area contributed by atoms with E-state index in [4.69, 9.17) is 24.4 Å². The number of fused-ring (bicyclic) bond motifs is 2. The number of nitrogens with zero attached hydrogens (tertiary/aromatic N) is 6. The standard InChI is InChI=1S/C27H27N7O2S/c1-17-15-36-13-10-34(17)27-24-23(31-26(32-27)20-5-7-29-25-19(20)4-6-28-25)21(16-37-24)18-2-3-22(30-14-18)33-8-11-35-12-9-33/h2-7,14,16-17H,8-13,15H2,1H3,(H,28,29)/t17-/m1/s1. The number of hydrogen-bond acceptors (Lipinski definition) is 9. The molecule has 0 unspecified atom stereocenters. The van der Waals surface area contributed by atoms with Crippen LogP contribution in [-0.4, -0.2) is 77.0 Å². The molecule has 2 aliphatic heterocycles. The van der Waals surface area contributed by atoms with Gasteiger partial charge in [0.05, 0.1) is 42.7 Å². The average Bonchev–Trinajstić information content (AvgIpc) is 3.61. The van der Waals surface area contributed by atoms with Crippen LogP contribution in [0.5, 0.6) is 0 Å². The van der Waals surface area contributed by atoms with Crippen LogP contribution in [0.15, 0.2) is 48.2 Å². The smallest absolute Gasteiger partial charge is 0.163 e. The van der Waals surface area contributed by atoms with Gasteiger partial charge in [-0.25, -0.2) is 19.9 Å². The van der Waals surface area contributed by atoms with Crippen molar-refractivity contribution in [2.24, 2.45) is 0 Å². The highest BCUT2D eigenvalue weighted by Crippen LogP contribution is 2.40. The second kappa shape index (κ2) is 9.37. The summed E-state index contributed by atoms with van der Waals surface area (Å²) in [6, 6.07) is 8.50. The third kappa shape index (κ3) is 4.01. The van der Waals surface area contributed by atoms with E-state index >= 15 is 0 Å². The first kappa shape index (κ1) is 22.6. The van der Waals surface area contributed by atoms with Gasteiger partial charge in [0.15, 0.2) is 11.6 Å². The third-order valence-corrected chi connectivity index (χ3v) is 8.10. The summed E-state index contributed by atoms with van der Waals surface area (Å²) in [5.41, 5.74) is 4.87. The minimum atomic E-state index is 0.226. The molecule has 2 fully saturated rings. The van der Waals surface area contributed by atoms with Crippen LogP contribution in [0.25, 0.3) is 43.8 Å². The third-order valence-electron chi connectivity index (χ3n) is 7.13. The van der Waals surface area contributed by atoms with Crippen LogP contribution in [-0.2, 0) is 9.47 Å². The Hall–Kier alpha value is -3.60. The Morgan fingerprint density at radius 1 is 0.973 bits per heavy atom. The minimum absolute atomic E-state index is 0.226. The highest BCUT2D eigenvalue weighted by molar-refractivity contribution is 7.18. The van der Waals surface area contributed by atoms with E-state index < -0.39 is 0 Å². The molecule has 0 amide bonds. The predicted octanol–water partition coefficient (Wildman–Crippen LogP) is 4.36. The first-order chi connectivity index (χ1) is 18.3. The normalized spacial score (nSPS) is 18.7. The van der Waals surface area contributed by atoms with Crippen LogP contribution in [0.4, 0.5) is 11.6 Å². The van der Waals surface area contributed by atoms with Crippen LogP contribution in [0.3, 0.4) is 0 Å². The summed E-state index contributed by atoms with van der Waals surface area (Å²) in [6.07, 6.45) is 5.67. The van der Waals surface area contributed by atoms with Crippen molar-refractivity contribution in [2.45, 2.75) is 13.0 Å². The van der Waals surface area contributed by atoms with Crippen LogP contribution in [0.1, 0.15) is 6.92 Å². The molecule has 9 nitrogen and oxygen atoms in total. The first-order valence-electron chi connectivity index (χ1n) is 12.6. The van der Waals surface area contributed by atoms with Gasteiger partial charge in [-0.05, 0) is 31.2 Å². The summed E-state index contributed by atoms with van der Waals surface area (Å²) in [5, 5.41) is 3.19. The molecule has 1 N–H and O–H groups in total. The number of aromatic nitrogens is 5. The molecular formula is C27H27N7O2S. The molecule has 10 heteroatoms. The molecule has 7 rings (SSSR count). The monoisotopic (exact) mass is 513 g/mol. The number of aromatic amines is 1. The maximum Gasteiger partial charge on any atom is 0.163 e. The van der Waals surface area contributed by atoms with Crippen molar-refractivity contribution in [1.82, 2.24) is 24.9 Å². The molecule has 0 aliphatic carbocycles. The Kier molecular flexibility index (Phi) is 5.72. The fourth-order valence-electron chi connectivity index (χ4n) is 5.15. The van der Waals surface area contributed by atoms with E-state index in [1.54, 1.807) is 11.3 Å². The van der Waals surface area contributed by atoms with Crippen LogP contribution in [0, 0.1) is 0 Å². The van der Waals surface area contributed by atoms with Crippen molar-refractivity contribution in [3.05, 3.63) is 48.2 Å². The van der Waals surface area contributed by atoms with Crippen LogP contribution < -0.4 is 9.80 Å². The summed E-state index contributed by atoms with van der Waals surface area (Å²) in [7, 11) is 0. The largest absolute Gasteiger partial charge is 0.378 e. The zero-order valence-electron chi connectivity index (χ0n) is 20.6. The molecule has 0 saturated carbocycles. The number of hydrogen-bond donors (Lipinski definition) is 1. The Morgan fingerprint density at radius 3 is 2.70 bits per heavy atom. The van der Waals surface area contributed by atoms with Gasteiger partial charge < -0.3 is 24.3 Å². The van der Waals surface area contributed by atoms with E-state index in [1.165, 1.54) is 0 Å². The van der Waals surface area contributed by atoms with Crippen LogP contribution in [0.2, 0.25) is 0 Å². The predicted molar refractivity (Wildman–Crippen MR) is 146 cm³/mol. The Labute approximate surface area is 218 Å². The van der Waals surface area contributed by atoms with E-state index in [-0.39, 0.29) is 6.04 Å². The van der Waals surface area contributed by atoms with Gasteiger partial charge in [-0.15, -0.1) is 11.3 Å². The maximum atomic E-state index is 5.73. The summed E-state index contributed by atoms with van der Waals surface area (Å²) in [6.45, 7) is 7.57. The Bertz CT molecular complexity index is 1560. The highest BCUT2D eigenvalue weighted by atomic mass is 32.1. The molecule has 7 heterocycles. The second-order valence-electron chi connectivity index (χ2n) is 9.42. The van der Waals surface area contributed by atoms with E-state index in [0.29, 0.717) is 19.0 Å². The van der Waals surface area contributed by atoms with E-state index in [9.17, 15) is 0 Å². The number of thiophene rings is 1. The van der Waals surface area contributed by atoms with Gasteiger partial charge in [0.1, 0.15) is 11.5 Å². The molecule has 0 bridgehead atoms. The first-order valence-corrected chi connectivity index (χ1v) is 13.5. The second-order valence-corrected chi connectivity index (χ2v) is 10.3. The topological polar surface area (TPSA) is 92.3 Å². The van der Waals surface area contributed by atoms with Crippen LogP contribution >= 0.6 is 11.3 Å².